The minimum absolute atomic E-state index is 0.105. The highest BCUT2D eigenvalue weighted by Gasteiger charge is 2.32. The van der Waals surface area contributed by atoms with Gasteiger partial charge in [0.15, 0.2) is 0 Å². The molecule has 4 aromatic rings. The van der Waals surface area contributed by atoms with Crippen molar-refractivity contribution in [3.63, 3.8) is 0 Å². The zero-order chi connectivity index (χ0) is 26.1. The Morgan fingerprint density at radius 1 is 0.972 bits per heavy atom. The summed E-state index contributed by atoms with van der Waals surface area (Å²) in [5.74, 6) is -0.239. The first kappa shape index (κ1) is 24.8. The van der Waals surface area contributed by atoms with E-state index in [2.05, 4.69) is 30.2 Å². The summed E-state index contributed by atoms with van der Waals surface area (Å²) in [6.07, 6.45) is -3.32. The van der Waals surface area contributed by atoms with Gasteiger partial charge in [-0.25, -0.2) is 18.1 Å². The fraction of sp³-hybridized carbons (Fsp3) is 0.136. The van der Waals surface area contributed by atoms with Crippen molar-refractivity contribution < 1.29 is 31.1 Å². The SMILES string of the molecule is CNC(=O)c1cc(Oc2ccc3nnc(NS(=O)(=O)c4cc(C(F)(F)F)ccc4C)nc3c2)ccn1. The van der Waals surface area contributed by atoms with Crippen molar-refractivity contribution in [1.29, 1.82) is 0 Å². The van der Waals surface area contributed by atoms with Gasteiger partial charge in [-0.15, -0.1) is 10.2 Å². The Morgan fingerprint density at radius 2 is 1.72 bits per heavy atom. The van der Waals surface area contributed by atoms with Crippen LogP contribution in [0.3, 0.4) is 0 Å². The van der Waals surface area contributed by atoms with Crippen molar-refractivity contribution in [2.75, 3.05) is 11.8 Å². The highest BCUT2D eigenvalue weighted by atomic mass is 32.2. The Bertz CT molecular complexity index is 1580. The fourth-order valence-corrected chi connectivity index (χ4v) is 4.34. The summed E-state index contributed by atoms with van der Waals surface area (Å²) in [5.41, 5.74) is -0.360. The number of hydrogen-bond donors (Lipinski definition) is 2. The first-order valence-corrected chi connectivity index (χ1v) is 11.7. The Labute approximate surface area is 202 Å². The second kappa shape index (κ2) is 9.37. The van der Waals surface area contributed by atoms with E-state index in [0.717, 1.165) is 12.1 Å². The van der Waals surface area contributed by atoms with Gasteiger partial charge in [-0.3, -0.25) is 9.78 Å². The number of anilines is 1. The van der Waals surface area contributed by atoms with Crippen LogP contribution in [-0.2, 0) is 16.2 Å². The molecule has 0 saturated carbocycles. The molecule has 0 radical (unpaired) electrons. The lowest BCUT2D eigenvalue weighted by atomic mass is 10.1. The highest BCUT2D eigenvalue weighted by Crippen LogP contribution is 2.32. The molecule has 0 fully saturated rings. The lowest BCUT2D eigenvalue weighted by Crippen LogP contribution is -2.18. The van der Waals surface area contributed by atoms with Gasteiger partial charge < -0.3 is 10.1 Å². The number of rotatable bonds is 6. The molecular formula is C22H17F3N6O4S. The largest absolute Gasteiger partial charge is 0.457 e. The molecule has 2 N–H and O–H groups in total. The van der Waals surface area contributed by atoms with E-state index in [1.807, 2.05) is 0 Å². The number of ether oxygens (including phenoxy) is 1. The predicted molar refractivity (Wildman–Crippen MR) is 122 cm³/mol. The first-order chi connectivity index (χ1) is 17.0. The summed E-state index contributed by atoms with van der Waals surface area (Å²) in [5, 5.41) is 10.1. The maximum absolute atomic E-state index is 13.1. The van der Waals surface area contributed by atoms with Crippen molar-refractivity contribution in [2.24, 2.45) is 0 Å². The maximum atomic E-state index is 13.1. The summed E-state index contributed by atoms with van der Waals surface area (Å²) in [4.78, 5) is 19.3. The molecule has 0 atom stereocenters. The molecule has 10 nitrogen and oxygen atoms in total. The standard InChI is InChI=1S/C22H17F3N6O4S/c1-12-3-4-13(22(23,24)25)9-19(12)36(33,34)31-21-28-17-10-14(5-6-16(17)29-30-21)35-15-7-8-27-18(11-15)20(32)26-2/h3-11H,1-2H3,(H,26,32)(H,28,30,31). The van der Waals surface area contributed by atoms with Crippen LogP contribution in [0.5, 0.6) is 11.5 Å². The molecule has 186 valence electrons. The summed E-state index contributed by atoms with van der Waals surface area (Å²) >= 11 is 0. The number of nitrogens with zero attached hydrogens (tertiary/aromatic N) is 4. The second-order valence-corrected chi connectivity index (χ2v) is 9.08. The third kappa shape index (κ3) is 5.33. The minimum atomic E-state index is -4.72. The molecule has 2 aromatic heterocycles. The van der Waals surface area contributed by atoms with Crippen LogP contribution in [0, 0.1) is 6.92 Å². The molecule has 0 unspecified atom stereocenters. The average molecular weight is 518 g/mol. The van der Waals surface area contributed by atoms with Crippen LogP contribution in [0.15, 0.2) is 59.6 Å². The average Bonchev–Trinajstić information content (AvgIpc) is 2.82. The highest BCUT2D eigenvalue weighted by molar-refractivity contribution is 7.92. The monoisotopic (exact) mass is 518 g/mol. The van der Waals surface area contributed by atoms with Crippen molar-refractivity contribution in [3.8, 4) is 11.5 Å². The van der Waals surface area contributed by atoms with Crippen LogP contribution < -0.4 is 14.8 Å². The molecule has 2 aromatic carbocycles. The lowest BCUT2D eigenvalue weighted by Gasteiger charge is -2.13. The number of alkyl halides is 3. The third-order valence-electron chi connectivity index (χ3n) is 4.88. The normalized spacial score (nSPS) is 11.8. The number of sulfonamides is 1. The predicted octanol–water partition coefficient (Wildman–Crippen LogP) is 3.70. The Balaban J connectivity index is 1.62. The minimum Gasteiger partial charge on any atom is -0.457 e. The van der Waals surface area contributed by atoms with Gasteiger partial charge in [-0.05, 0) is 42.8 Å². The van der Waals surface area contributed by atoms with E-state index in [9.17, 15) is 26.4 Å². The van der Waals surface area contributed by atoms with E-state index in [-0.39, 0.29) is 16.8 Å². The molecule has 1 amide bonds. The first-order valence-electron chi connectivity index (χ1n) is 10.2. The van der Waals surface area contributed by atoms with Gasteiger partial charge >= 0.3 is 6.18 Å². The fourth-order valence-electron chi connectivity index (χ4n) is 3.13. The number of hydrogen-bond acceptors (Lipinski definition) is 8. The van der Waals surface area contributed by atoms with E-state index >= 15 is 0 Å². The van der Waals surface area contributed by atoms with Crippen molar-refractivity contribution in [2.45, 2.75) is 18.0 Å². The van der Waals surface area contributed by atoms with E-state index < -0.39 is 38.5 Å². The van der Waals surface area contributed by atoms with E-state index in [0.29, 0.717) is 23.1 Å². The number of carbonyl (C=O) groups excluding carboxylic acids is 1. The molecule has 0 saturated heterocycles. The van der Waals surface area contributed by atoms with Gasteiger partial charge in [0.25, 0.3) is 21.9 Å². The topological polar surface area (TPSA) is 136 Å². The Hall–Kier alpha value is -4.33. The third-order valence-corrected chi connectivity index (χ3v) is 6.35. The van der Waals surface area contributed by atoms with E-state index in [1.165, 1.54) is 44.4 Å². The molecule has 0 aliphatic rings. The number of aromatic nitrogens is 4. The maximum Gasteiger partial charge on any atom is 0.416 e. The summed E-state index contributed by atoms with van der Waals surface area (Å²) in [6, 6.07) is 9.91. The van der Waals surface area contributed by atoms with Crippen LogP contribution in [0.25, 0.3) is 11.0 Å². The van der Waals surface area contributed by atoms with Crippen molar-refractivity contribution >= 4 is 32.9 Å². The van der Waals surface area contributed by atoms with Gasteiger partial charge in [0.1, 0.15) is 22.7 Å². The van der Waals surface area contributed by atoms with E-state index in [1.54, 1.807) is 6.07 Å². The van der Waals surface area contributed by atoms with Crippen LogP contribution in [0.1, 0.15) is 21.6 Å². The van der Waals surface area contributed by atoms with Gasteiger partial charge in [-0.1, -0.05) is 6.07 Å². The number of fused-ring (bicyclic) bond motifs is 1. The number of nitrogens with one attached hydrogen (secondary N) is 2. The second-order valence-electron chi connectivity index (χ2n) is 7.43. The molecule has 0 aliphatic carbocycles. The number of aryl methyl sites for hydroxylation is 1. The molecule has 0 spiro atoms. The number of pyridine rings is 1. The Kier molecular flexibility index (Phi) is 6.45. The molecular weight excluding hydrogens is 501 g/mol. The summed E-state index contributed by atoms with van der Waals surface area (Å²) in [7, 11) is -2.99. The van der Waals surface area contributed by atoms with E-state index in [4.69, 9.17) is 4.74 Å². The van der Waals surface area contributed by atoms with Crippen LogP contribution in [0.4, 0.5) is 19.1 Å². The molecule has 0 aliphatic heterocycles. The smallest absolute Gasteiger partial charge is 0.416 e. The molecule has 2 heterocycles. The van der Waals surface area contributed by atoms with Gasteiger partial charge in [0.05, 0.1) is 16.0 Å². The number of benzene rings is 2. The zero-order valence-corrected chi connectivity index (χ0v) is 19.5. The number of carbonyl (C=O) groups is 1. The summed E-state index contributed by atoms with van der Waals surface area (Å²) < 4.78 is 72.7. The molecule has 4 rings (SSSR count). The van der Waals surface area contributed by atoms with Gasteiger partial charge in [-0.2, -0.15) is 13.2 Å². The van der Waals surface area contributed by atoms with Crippen molar-refractivity contribution in [1.82, 2.24) is 25.5 Å². The van der Waals surface area contributed by atoms with Crippen LogP contribution >= 0.6 is 0 Å². The van der Waals surface area contributed by atoms with Crippen molar-refractivity contribution in [3.05, 3.63) is 71.5 Å². The molecule has 0 bridgehead atoms. The van der Waals surface area contributed by atoms with Crippen LogP contribution in [0.2, 0.25) is 0 Å². The molecule has 14 heteroatoms. The lowest BCUT2D eigenvalue weighted by molar-refractivity contribution is -0.137. The number of halogens is 3. The number of amides is 1. The van der Waals surface area contributed by atoms with Gasteiger partial charge in [0, 0.05) is 25.4 Å². The van der Waals surface area contributed by atoms with Crippen LogP contribution in [-0.4, -0.2) is 41.5 Å². The Morgan fingerprint density at radius 3 is 2.44 bits per heavy atom. The quantitative estimate of drug-likeness (QED) is 0.394. The van der Waals surface area contributed by atoms with Gasteiger partial charge in [0.2, 0.25) is 0 Å². The summed E-state index contributed by atoms with van der Waals surface area (Å²) in [6.45, 7) is 1.37. The zero-order valence-electron chi connectivity index (χ0n) is 18.7. The molecule has 36 heavy (non-hydrogen) atoms.